The van der Waals surface area contributed by atoms with Gasteiger partial charge in [0.2, 0.25) is 5.91 Å². The van der Waals surface area contributed by atoms with E-state index in [9.17, 15) is 4.79 Å². The van der Waals surface area contributed by atoms with Gasteiger partial charge in [0, 0.05) is 24.7 Å². The first-order valence-electron chi connectivity index (χ1n) is 7.36. The lowest BCUT2D eigenvalue weighted by Crippen LogP contribution is -2.46. The zero-order valence-electron chi connectivity index (χ0n) is 12.5. The number of carbonyl (C=O) groups excluding carboxylic acids is 1. The highest BCUT2D eigenvalue weighted by atomic mass is 16.2. The zero-order valence-corrected chi connectivity index (χ0v) is 12.5. The summed E-state index contributed by atoms with van der Waals surface area (Å²) in [6.45, 7) is 7.93. The molecular weight excluding hydrogens is 252 g/mol. The first-order valence-corrected chi connectivity index (χ1v) is 7.36. The van der Waals surface area contributed by atoms with Crippen LogP contribution in [0.15, 0.2) is 12.4 Å². The van der Waals surface area contributed by atoms with Crippen molar-refractivity contribution in [3.05, 3.63) is 23.8 Å². The minimum absolute atomic E-state index is 0.0491. The van der Waals surface area contributed by atoms with Crippen molar-refractivity contribution >= 4 is 5.91 Å². The zero-order chi connectivity index (χ0) is 14.3. The van der Waals surface area contributed by atoms with E-state index in [0.717, 1.165) is 43.7 Å². The molecule has 5 heteroatoms. The van der Waals surface area contributed by atoms with Crippen LogP contribution < -0.4 is 0 Å². The molecule has 1 aromatic heterocycles. The maximum absolute atomic E-state index is 12.8. The number of aryl methyl sites for hydroxylation is 1. The van der Waals surface area contributed by atoms with Crippen molar-refractivity contribution in [2.24, 2.45) is 5.41 Å². The molecule has 20 heavy (non-hydrogen) atoms. The fraction of sp³-hybridized carbons (Fsp3) is 0.667. The molecule has 2 aliphatic heterocycles. The lowest BCUT2D eigenvalue weighted by molar-refractivity contribution is -0.155. The van der Waals surface area contributed by atoms with Crippen molar-refractivity contribution in [2.45, 2.75) is 46.1 Å². The third-order valence-electron chi connectivity index (χ3n) is 4.41. The average Bonchev–Trinajstić information content (AvgIpc) is 2.77. The van der Waals surface area contributed by atoms with Gasteiger partial charge in [-0.3, -0.25) is 19.8 Å². The molecule has 0 aliphatic carbocycles. The number of amides is 1. The second-order valence-corrected chi connectivity index (χ2v) is 6.48. The molecule has 3 rings (SSSR count). The predicted molar refractivity (Wildman–Crippen MR) is 75.6 cm³/mol. The summed E-state index contributed by atoms with van der Waals surface area (Å²) in [6, 6.07) is 0.0491. The fourth-order valence-electron chi connectivity index (χ4n) is 3.16. The number of rotatable bonds is 1. The summed E-state index contributed by atoms with van der Waals surface area (Å²) in [7, 11) is 0. The van der Waals surface area contributed by atoms with Gasteiger partial charge in [0.05, 0.1) is 23.6 Å². The van der Waals surface area contributed by atoms with Crippen LogP contribution in [-0.4, -0.2) is 39.0 Å². The van der Waals surface area contributed by atoms with Crippen molar-refractivity contribution in [1.82, 2.24) is 20.0 Å². The second-order valence-electron chi connectivity index (χ2n) is 6.48. The molecule has 3 heterocycles. The molecule has 1 aromatic rings. The van der Waals surface area contributed by atoms with Crippen molar-refractivity contribution in [2.75, 3.05) is 13.1 Å². The van der Waals surface area contributed by atoms with Gasteiger partial charge in [-0.25, -0.2) is 5.01 Å². The Labute approximate surface area is 120 Å². The van der Waals surface area contributed by atoms with Gasteiger partial charge in [-0.1, -0.05) is 13.8 Å². The lowest BCUT2D eigenvalue weighted by Gasteiger charge is -2.34. The molecule has 0 aromatic carbocycles. The van der Waals surface area contributed by atoms with Crippen LogP contribution in [0.5, 0.6) is 0 Å². The Morgan fingerprint density at radius 3 is 2.75 bits per heavy atom. The van der Waals surface area contributed by atoms with Crippen LogP contribution in [0, 0.1) is 12.3 Å². The predicted octanol–water partition coefficient (Wildman–Crippen LogP) is 2.10. The molecule has 2 fully saturated rings. The maximum Gasteiger partial charge on any atom is 0.243 e. The second kappa shape index (κ2) is 4.81. The van der Waals surface area contributed by atoms with E-state index in [1.165, 1.54) is 0 Å². The van der Waals surface area contributed by atoms with Crippen LogP contribution in [0.25, 0.3) is 0 Å². The minimum Gasteiger partial charge on any atom is -0.273 e. The van der Waals surface area contributed by atoms with Gasteiger partial charge in [-0.15, -0.1) is 0 Å². The Morgan fingerprint density at radius 2 is 2.05 bits per heavy atom. The van der Waals surface area contributed by atoms with Crippen LogP contribution in [0.3, 0.4) is 0 Å². The van der Waals surface area contributed by atoms with Crippen LogP contribution in [-0.2, 0) is 4.79 Å². The molecule has 2 saturated heterocycles. The third kappa shape index (κ3) is 2.20. The molecule has 0 unspecified atom stereocenters. The molecule has 0 saturated carbocycles. The van der Waals surface area contributed by atoms with E-state index in [-0.39, 0.29) is 17.4 Å². The van der Waals surface area contributed by atoms with Crippen LogP contribution >= 0.6 is 0 Å². The van der Waals surface area contributed by atoms with E-state index < -0.39 is 0 Å². The average molecular weight is 274 g/mol. The summed E-state index contributed by atoms with van der Waals surface area (Å²) in [5, 5.41) is 4.15. The number of nitrogens with zero attached hydrogens (tertiary/aromatic N) is 4. The van der Waals surface area contributed by atoms with Crippen molar-refractivity contribution in [3.8, 4) is 0 Å². The van der Waals surface area contributed by atoms with Crippen molar-refractivity contribution in [3.63, 3.8) is 0 Å². The topological polar surface area (TPSA) is 49.3 Å². The summed E-state index contributed by atoms with van der Waals surface area (Å²) in [5.41, 5.74) is 1.53. The Morgan fingerprint density at radius 1 is 1.25 bits per heavy atom. The number of carbonyl (C=O) groups is 1. The SMILES string of the molecule is Cc1cnc([C@@H]2CCN3CCCC(C)(C)C(=O)N23)cn1. The highest BCUT2D eigenvalue weighted by Gasteiger charge is 2.44. The number of fused-ring (bicyclic) bond motifs is 1. The summed E-state index contributed by atoms with van der Waals surface area (Å²) in [4.78, 5) is 21.6. The monoisotopic (exact) mass is 274 g/mol. The first kappa shape index (κ1) is 13.5. The molecular formula is C15H22N4O. The smallest absolute Gasteiger partial charge is 0.243 e. The molecule has 5 nitrogen and oxygen atoms in total. The number of hydrazine groups is 1. The summed E-state index contributed by atoms with van der Waals surface area (Å²) in [5.74, 6) is 0.222. The van der Waals surface area contributed by atoms with Crippen molar-refractivity contribution in [1.29, 1.82) is 0 Å². The third-order valence-corrected chi connectivity index (χ3v) is 4.41. The Bertz CT molecular complexity index is 511. The van der Waals surface area contributed by atoms with Gasteiger partial charge in [0.15, 0.2) is 0 Å². The summed E-state index contributed by atoms with van der Waals surface area (Å²) in [6.07, 6.45) is 6.56. The van der Waals surface area contributed by atoms with Crippen LogP contribution in [0.4, 0.5) is 0 Å². The Balaban J connectivity index is 1.93. The van der Waals surface area contributed by atoms with Gasteiger partial charge in [-0.2, -0.15) is 0 Å². The quantitative estimate of drug-likeness (QED) is 0.787. The number of hydrogen-bond acceptors (Lipinski definition) is 4. The first-order chi connectivity index (χ1) is 9.49. The highest BCUT2D eigenvalue weighted by molar-refractivity contribution is 5.82. The van der Waals surface area contributed by atoms with E-state index in [1.807, 2.05) is 18.1 Å². The highest BCUT2D eigenvalue weighted by Crippen LogP contribution is 2.39. The lowest BCUT2D eigenvalue weighted by atomic mass is 9.86. The normalized spacial score (nSPS) is 26.4. The van der Waals surface area contributed by atoms with Gasteiger partial charge < -0.3 is 0 Å². The number of hydrogen-bond donors (Lipinski definition) is 0. The molecule has 0 radical (unpaired) electrons. The molecule has 1 amide bonds. The summed E-state index contributed by atoms with van der Waals surface area (Å²) < 4.78 is 0. The van der Waals surface area contributed by atoms with Gasteiger partial charge in [0.1, 0.15) is 0 Å². The number of aromatic nitrogens is 2. The van der Waals surface area contributed by atoms with Crippen LogP contribution in [0.2, 0.25) is 0 Å². The molecule has 0 bridgehead atoms. The van der Waals surface area contributed by atoms with E-state index in [1.54, 1.807) is 6.20 Å². The van der Waals surface area contributed by atoms with Crippen molar-refractivity contribution < 1.29 is 4.79 Å². The van der Waals surface area contributed by atoms with Gasteiger partial charge in [0.25, 0.3) is 0 Å². The molecule has 108 valence electrons. The van der Waals surface area contributed by atoms with Gasteiger partial charge >= 0.3 is 0 Å². The molecule has 0 spiro atoms. The summed E-state index contributed by atoms with van der Waals surface area (Å²) >= 11 is 0. The molecule has 2 aliphatic rings. The Hall–Kier alpha value is -1.49. The largest absolute Gasteiger partial charge is 0.273 e. The van der Waals surface area contributed by atoms with E-state index in [4.69, 9.17) is 0 Å². The fourth-order valence-corrected chi connectivity index (χ4v) is 3.16. The Kier molecular flexibility index (Phi) is 3.24. The standard InChI is InChI=1S/C15H22N4O/c1-11-9-17-12(10-16-11)13-5-8-18-7-4-6-15(2,3)14(20)19(13)18/h9-10,13H,4-8H2,1-3H3/t13-/m0/s1. The van der Waals surface area contributed by atoms with E-state index in [2.05, 4.69) is 28.8 Å². The maximum atomic E-state index is 12.8. The van der Waals surface area contributed by atoms with Gasteiger partial charge in [-0.05, 0) is 26.2 Å². The molecule has 0 N–H and O–H groups in total. The molecule has 1 atom stereocenters. The minimum atomic E-state index is -0.282. The van der Waals surface area contributed by atoms with Crippen LogP contribution in [0.1, 0.15) is 50.5 Å². The van der Waals surface area contributed by atoms with E-state index >= 15 is 0 Å². The van der Waals surface area contributed by atoms with E-state index in [0.29, 0.717) is 0 Å².